The molecule has 2 fully saturated rings. The van der Waals surface area contributed by atoms with Crippen molar-refractivity contribution >= 4 is 5.91 Å². The second-order valence-corrected chi connectivity index (χ2v) is 3.70. The van der Waals surface area contributed by atoms with Crippen LogP contribution < -0.4 is 5.32 Å². The predicted octanol–water partition coefficient (Wildman–Crippen LogP) is 0.216. The van der Waals surface area contributed by atoms with Gasteiger partial charge >= 0.3 is 0 Å². The van der Waals surface area contributed by atoms with Crippen LogP contribution in [0.4, 0.5) is 8.78 Å². The molecule has 1 amide bonds. The van der Waals surface area contributed by atoms with Crippen molar-refractivity contribution in [1.29, 1.82) is 0 Å². The summed E-state index contributed by atoms with van der Waals surface area (Å²) in [6.45, 7) is 0.0225. The Kier molecular flexibility index (Phi) is 1.98. The van der Waals surface area contributed by atoms with Crippen molar-refractivity contribution in [2.75, 3.05) is 19.6 Å². The van der Waals surface area contributed by atoms with Crippen molar-refractivity contribution in [3.63, 3.8) is 0 Å². The zero-order valence-electron chi connectivity index (χ0n) is 7.22. The van der Waals surface area contributed by atoms with Gasteiger partial charge in [-0.05, 0) is 19.4 Å². The lowest BCUT2D eigenvalue weighted by molar-refractivity contribution is -0.167. The van der Waals surface area contributed by atoms with Crippen LogP contribution in [0.1, 0.15) is 12.8 Å². The highest BCUT2D eigenvalue weighted by Crippen LogP contribution is 2.27. The number of alkyl halides is 2. The van der Waals surface area contributed by atoms with E-state index in [4.69, 9.17) is 0 Å². The maximum atomic E-state index is 12.4. The van der Waals surface area contributed by atoms with Crippen LogP contribution in [0.2, 0.25) is 0 Å². The number of halogens is 2. The van der Waals surface area contributed by atoms with Crippen molar-refractivity contribution in [2.45, 2.75) is 24.8 Å². The summed E-state index contributed by atoms with van der Waals surface area (Å²) in [6, 6.07) is -0.212. The number of hydrogen-bond acceptors (Lipinski definition) is 2. The monoisotopic (exact) mass is 190 g/mol. The van der Waals surface area contributed by atoms with Gasteiger partial charge in [0.2, 0.25) is 5.91 Å². The summed E-state index contributed by atoms with van der Waals surface area (Å²) in [7, 11) is 0. The van der Waals surface area contributed by atoms with Gasteiger partial charge in [0.05, 0.1) is 19.1 Å². The minimum Gasteiger partial charge on any atom is -0.329 e. The fraction of sp³-hybridized carbons (Fsp3) is 0.875. The SMILES string of the molecule is O=C(C1CCCN1)N1CC(F)(F)C1. The molecule has 0 saturated carbocycles. The maximum absolute atomic E-state index is 12.4. The summed E-state index contributed by atoms with van der Waals surface area (Å²) >= 11 is 0. The first kappa shape index (κ1) is 8.87. The molecule has 1 unspecified atom stereocenters. The fourth-order valence-corrected chi connectivity index (χ4v) is 1.78. The molecule has 0 bridgehead atoms. The molecule has 2 rings (SSSR count). The molecule has 2 aliphatic heterocycles. The van der Waals surface area contributed by atoms with Crippen molar-refractivity contribution in [2.24, 2.45) is 0 Å². The Labute approximate surface area is 75.1 Å². The molecule has 2 saturated heterocycles. The summed E-state index contributed by atoms with van der Waals surface area (Å²) in [4.78, 5) is 12.7. The third kappa shape index (κ3) is 1.65. The number of hydrogen-bond donors (Lipinski definition) is 1. The Morgan fingerprint density at radius 3 is 2.62 bits per heavy atom. The molecular weight excluding hydrogens is 178 g/mol. The molecule has 1 N–H and O–H groups in total. The standard InChI is InChI=1S/C8H12F2N2O/c9-8(10)4-12(5-8)7(13)6-2-1-3-11-6/h6,11H,1-5H2. The first-order valence-corrected chi connectivity index (χ1v) is 4.48. The zero-order chi connectivity index (χ0) is 9.47. The van der Waals surface area contributed by atoms with Gasteiger partial charge in [0, 0.05) is 0 Å². The van der Waals surface area contributed by atoms with Crippen LogP contribution in [-0.4, -0.2) is 42.4 Å². The van der Waals surface area contributed by atoms with E-state index in [-0.39, 0.29) is 11.9 Å². The third-order valence-corrected chi connectivity index (χ3v) is 2.51. The number of nitrogens with zero attached hydrogens (tertiary/aromatic N) is 1. The quantitative estimate of drug-likeness (QED) is 0.641. The van der Waals surface area contributed by atoms with E-state index >= 15 is 0 Å². The van der Waals surface area contributed by atoms with E-state index in [0.717, 1.165) is 19.4 Å². The highest BCUT2D eigenvalue weighted by molar-refractivity contribution is 5.83. The van der Waals surface area contributed by atoms with Crippen molar-refractivity contribution < 1.29 is 13.6 Å². The van der Waals surface area contributed by atoms with Gasteiger partial charge < -0.3 is 10.2 Å². The van der Waals surface area contributed by atoms with Crippen LogP contribution in [0.25, 0.3) is 0 Å². The van der Waals surface area contributed by atoms with E-state index in [0.29, 0.717) is 0 Å². The fourth-order valence-electron chi connectivity index (χ4n) is 1.78. The number of likely N-dealkylation sites (tertiary alicyclic amines) is 1. The topological polar surface area (TPSA) is 32.3 Å². The first-order chi connectivity index (χ1) is 6.08. The normalized spacial score (nSPS) is 31.5. The first-order valence-electron chi connectivity index (χ1n) is 4.48. The molecule has 0 aliphatic carbocycles. The number of amides is 1. The van der Waals surface area contributed by atoms with Crippen molar-refractivity contribution in [3.8, 4) is 0 Å². The molecule has 0 aromatic rings. The molecule has 2 heterocycles. The average Bonchev–Trinajstić information content (AvgIpc) is 2.50. The van der Waals surface area contributed by atoms with E-state index in [1.54, 1.807) is 0 Å². The van der Waals surface area contributed by atoms with Gasteiger partial charge in [0.25, 0.3) is 5.92 Å². The Morgan fingerprint density at radius 1 is 1.46 bits per heavy atom. The maximum Gasteiger partial charge on any atom is 0.282 e. The molecule has 0 spiro atoms. The predicted molar refractivity (Wildman–Crippen MR) is 42.6 cm³/mol. The van der Waals surface area contributed by atoms with Crippen LogP contribution in [0, 0.1) is 0 Å². The Balaban J connectivity index is 1.85. The van der Waals surface area contributed by atoms with Crippen LogP contribution in [0.15, 0.2) is 0 Å². The summed E-state index contributed by atoms with van der Waals surface area (Å²) in [6.07, 6.45) is 1.74. The molecule has 0 aromatic heterocycles. The van der Waals surface area contributed by atoms with Gasteiger partial charge in [-0.25, -0.2) is 8.78 Å². The summed E-state index contributed by atoms with van der Waals surface area (Å²) in [5.74, 6) is -2.81. The molecule has 5 heteroatoms. The minimum atomic E-state index is -2.64. The molecule has 2 aliphatic rings. The number of carbonyl (C=O) groups excluding carboxylic acids is 1. The second kappa shape index (κ2) is 2.90. The third-order valence-electron chi connectivity index (χ3n) is 2.51. The van der Waals surface area contributed by atoms with E-state index in [1.165, 1.54) is 4.90 Å². The number of nitrogens with one attached hydrogen (secondary N) is 1. The molecule has 0 radical (unpaired) electrons. The van der Waals surface area contributed by atoms with Crippen LogP contribution in [0.3, 0.4) is 0 Å². The van der Waals surface area contributed by atoms with Gasteiger partial charge in [0.15, 0.2) is 0 Å². The zero-order valence-corrected chi connectivity index (χ0v) is 7.22. The lowest BCUT2D eigenvalue weighted by Gasteiger charge is -2.39. The lowest BCUT2D eigenvalue weighted by atomic mass is 10.1. The molecule has 1 atom stereocenters. The van der Waals surface area contributed by atoms with Crippen LogP contribution in [-0.2, 0) is 4.79 Å². The van der Waals surface area contributed by atoms with Crippen LogP contribution in [0.5, 0.6) is 0 Å². The van der Waals surface area contributed by atoms with Crippen molar-refractivity contribution in [1.82, 2.24) is 10.2 Å². The Bertz CT molecular complexity index is 218. The second-order valence-electron chi connectivity index (χ2n) is 3.70. The highest BCUT2D eigenvalue weighted by atomic mass is 19.3. The number of rotatable bonds is 1. The van der Waals surface area contributed by atoms with E-state index < -0.39 is 19.0 Å². The minimum absolute atomic E-state index is 0.163. The molecule has 13 heavy (non-hydrogen) atoms. The van der Waals surface area contributed by atoms with Gasteiger partial charge in [-0.3, -0.25) is 4.79 Å². The van der Waals surface area contributed by atoms with Crippen molar-refractivity contribution in [3.05, 3.63) is 0 Å². The number of carbonyl (C=O) groups is 1. The summed E-state index contributed by atoms with van der Waals surface area (Å²) < 4.78 is 24.8. The summed E-state index contributed by atoms with van der Waals surface area (Å²) in [5, 5.41) is 3.00. The van der Waals surface area contributed by atoms with Gasteiger partial charge in [-0.15, -0.1) is 0 Å². The molecule has 74 valence electrons. The van der Waals surface area contributed by atoms with Gasteiger partial charge in [-0.2, -0.15) is 0 Å². The van der Waals surface area contributed by atoms with Crippen LogP contribution >= 0.6 is 0 Å². The Hall–Kier alpha value is -0.710. The largest absolute Gasteiger partial charge is 0.329 e. The highest BCUT2D eigenvalue weighted by Gasteiger charge is 2.47. The van der Waals surface area contributed by atoms with Gasteiger partial charge in [0.1, 0.15) is 0 Å². The van der Waals surface area contributed by atoms with Gasteiger partial charge in [-0.1, -0.05) is 0 Å². The molecule has 3 nitrogen and oxygen atoms in total. The molecular formula is C8H12F2N2O. The smallest absolute Gasteiger partial charge is 0.282 e. The van der Waals surface area contributed by atoms with E-state index in [2.05, 4.69) is 5.32 Å². The Morgan fingerprint density at radius 2 is 2.15 bits per heavy atom. The summed E-state index contributed by atoms with van der Waals surface area (Å²) in [5.41, 5.74) is 0. The average molecular weight is 190 g/mol. The lowest BCUT2D eigenvalue weighted by Crippen LogP contribution is -2.61. The van der Waals surface area contributed by atoms with E-state index in [9.17, 15) is 13.6 Å². The molecule has 0 aromatic carbocycles. The van der Waals surface area contributed by atoms with E-state index in [1.807, 2.05) is 0 Å².